The molecule has 5 nitrogen and oxygen atoms in total. The summed E-state index contributed by atoms with van der Waals surface area (Å²) in [5, 5.41) is 6.12. The number of piperazine rings is 1. The molecule has 138 valence electrons. The molecule has 1 unspecified atom stereocenters. The van der Waals surface area contributed by atoms with Gasteiger partial charge in [0.1, 0.15) is 0 Å². The molecule has 1 atom stereocenters. The van der Waals surface area contributed by atoms with Gasteiger partial charge in [0.2, 0.25) is 0 Å². The minimum Gasteiger partial charge on any atom is -0.334 e. The molecule has 0 aliphatic carbocycles. The van der Waals surface area contributed by atoms with Crippen molar-refractivity contribution in [2.75, 3.05) is 39.8 Å². The Kier molecular flexibility index (Phi) is 6.63. The van der Waals surface area contributed by atoms with Crippen molar-refractivity contribution in [3.05, 3.63) is 71.8 Å². The molecule has 5 heteroatoms. The molecule has 0 aromatic heterocycles. The molecule has 0 spiro atoms. The van der Waals surface area contributed by atoms with Crippen molar-refractivity contribution in [2.45, 2.75) is 12.6 Å². The molecule has 3 rings (SSSR count). The van der Waals surface area contributed by atoms with Crippen LogP contribution in [-0.4, -0.2) is 55.6 Å². The lowest BCUT2D eigenvalue weighted by Crippen LogP contribution is -2.48. The summed E-state index contributed by atoms with van der Waals surface area (Å²) in [6.45, 7) is 5.57. The molecule has 26 heavy (non-hydrogen) atoms. The molecule has 1 fully saturated rings. The first-order valence-electron chi connectivity index (χ1n) is 9.25. The van der Waals surface area contributed by atoms with E-state index in [1.165, 1.54) is 0 Å². The van der Waals surface area contributed by atoms with Gasteiger partial charge in [-0.15, -0.1) is 0 Å². The van der Waals surface area contributed by atoms with Crippen molar-refractivity contribution in [2.24, 2.45) is 0 Å². The Bertz CT molecular complexity index is 669. The van der Waals surface area contributed by atoms with Crippen molar-refractivity contribution in [1.82, 2.24) is 20.4 Å². The van der Waals surface area contributed by atoms with Crippen LogP contribution in [0.3, 0.4) is 0 Å². The number of carbonyl (C=O) groups excluding carboxylic acids is 1. The quantitative estimate of drug-likeness (QED) is 0.840. The monoisotopic (exact) mass is 352 g/mol. The minimum absolute atomic E-state index is 0.0182. The highest BCUT2D eigenvalue weighted by Crippen LogP contribution is 2.15. The van der Waals surface area contributed by atoms with E-state index in [2.05, 4.69) is 39.6 Å². The molecule has 0 bridgehead atoms. The summed E-state index contributed by atoms with van der Waals surface area (Å²) in [6, 6.07) is 20.0. The zero-order chi connectivity index (χ0) is 18.2. The van der Waals surface area contributed by atoms with Gasteiger partial charge in [0, 0.05) is 39.3 Å². The molecule has 1 aliphatic heterocycles. The van der Waals surface area contributed by atoms with E-state index in [9.17, 15) is 4.79 Å². The van der Waals surface area contributed by atoms with E-state index in [1.54, 1.807) is 0 Å². The summed E-state index contributed by atoms with van der Waals surface area (Å²) in [4.78, 5) is 17.2. The van der Waals surface area contributed by atoms with Crippen molar-refractivity contribution in [1.29, 1.82) is 0 Å². The van der Waals surface area contributed by atoms with Gasteiger partial charge in [-0.05, 0) is 18.2 Å². The van der Waals surface area contributed by atoms with Gasteiger partial charge in [0.25, 0.3) is 0 Å². The fourth-order valence-electron chi connectivity index (χ4n) is 3.20. The van der Waals surface area contributed by atoms with Gasteiger partial charge in [-0.3, -0.25) is 4.90 Å². The average Bonchev–Trinajstić information content (AvgIpc) is 2.69. The van der Waals surface area contributed by atoms with Crippen molar-refractivity contribution >= 4 is 6.03 Å². The maximum absolute atomic E-state index is 12.4. The lowest BCUT2D eigenvalue weighted by molar-refractivity contribution is 0.142. The number of likely N-dealkylation sites (N-methyl/N-ethyl adjacent to an activating group) is 1. The fourth-order valence-corrected chi connectivity index (χ4v) is 3.20. The number of nitrogens with zero attached hydrogens (tertiary/aromatic N) is 2. The third kappa shape index (κ3) is 5.58. The number of urea groups is 1. The van der Waals surface area contributed by atoms with Gasteiger partial charge in [0.15, 0.2) is 0 Å². The fraction of sp³-hybridized carbons (Fsp3) is 0.381. The van der Waals surface area contributed by atoms with E-state index in [1.807, 2.05) is 48.5 Å². The van der Waals surface area contributed by atoms with E-state index in [0.717, 1.165) is 43.9 Å². The van der Waals surface area contributed by atoms with E-state index in [4.69, 9.17) is 0 Å². The second-order valence-corrected chi connectivity index (χ2v) is 6.88. The summed E-state index contributed by atoms with van der Waals surface area (Å²) in [7, 11) is 2.15. The van der Waals surface area contributed by atoms with Gasteiger partial charge in [-0.25, -0.2) is 4.79 Å². The summed E-state index contributed by atoms with van der Waals surface area (Å²) >= 11 is 0. The van der Waals surface area contributed by atoms with Gasteiger partial charge >= 0.3 is 6.03 Å². The second-order valence-electron chi connectivity index (χ2n) is 6.88. The van der Waals surface area contributed by atoms with Crippen LogP contribution in [0.15, 0.2) is 60.7 Å². The van der Waals surface area contributed by atoms with E-state index >= 15 is 0 Å². The Morgan fingerprint density at radius 1 is 0.962 bits per heavy atom. The predicted molar refractivity (Wildman–Crippen MR) is 105 cm³/mol. The molecule has 2 N–H and O–H groups in total. The van der Waals surface area contributed by atoms with E-state index in [0.29, 0.717) is 6.54 Å². The van der Waals surface area contributed by atoms with Crippen LogP contribution < -0.4 is 10.6 Å². The van der Waals surface area contributed by atoms with Crippen molar-refractivity contribution in [3.63, 3.8) is 0 Å². The van der Waals surface area contributed by atoms with Crippen LogP contribution in [0.25, 0.3) is 0 Å². The molecular formula is C21H28N4O. The van der Waals surface area contributed by atoms with Crippen LogP contribution in [0.5, 0.6) is 0 Å². The summed E-state index contributed by atoms with van der Waals surface area (Å²) in [6.07, 6.45) is 0. The zero-order valence-corrected chi connectivity index (χ0v) is 15.4. The lowest BCUT2D eigenvalue weighted by Gasteiger charge is -2.35. The minimum atomic E-state index is -0.128. The molecular weight excluding hydrogens is 324 g/mol. The summed E-state index contributed by atoms with van der Waals surface area (Å²) < 4.78 is 0. The van der Waals surface area contributed by atoms with Crippen LogP contribution in [0.1, 0.15) is 17.2 Å². The Hall–Kier alpha value is -2.37. The Labute approximate surface area is 156 Å². The van der Waals surface area contributed by atoms with E-state index < -0.39 is 0 Å². The zero-order valence-electron chi connectivity index (χ0n) is 15.4. The number of hydrogen-bond donors (Lipinski definition) is 2. The predicted octanol–water partition coefficient (Wildman–Crippen LogP) is 2.47. The van der Waals surface area contributed by atoms with Gasteiger partial charge in [-0.1, -0.05) is 60.7 Å². The Morgan fingerprint density at radius 3 is 2.23 bits per heavy atom. The Morgan fingerprint density at radius 2 is 1.58 bits per heavy atom. The third-order valence-electron chi connectivity index (χ3n) is 4.84. The topological polar surface area (TPSA) is 47.6 Å². The highest BCUT2D eigenvalue weighted by Gasteiger charge is 2.21. The standard InChI is InChI=1S/C21H28N4O/c1-24-12-14-25(15-13-24)17-20(19-10-6-3-7-11-19)23-21(26)22-16-18-8-4-2-5-9-18/h2-11,20H,12-17H2,1H3,(H2,22,23,26). The van der Waals surface area contributed by atoms with Crippen molar-refractivity contribution in [3.8, 4) is 0 Å². The van der Waals surface area contributed by atoms with Crippen molar-refractivity contribution < 1.29 is 4.79 Å². The maximum Gasteiger partial charge on any atom is 0.315 e. The first-order chi connectivity index (χ1) is 12.7. The molecule has 0 radical (unpaired) electrons. The molecule has 2 aromatic rings. The van der Waals surface area contributed by atoms with Crippen LogP contribution >= 0.6 is 0 Å². The second kappa shape index (κ2) is 9.36. The first kappa shape index (κ1) is 18.4. The number of hydrogen-bond acceptors (Lipinski definition) is 3. The Balaban J connectivity index is 1.59. The summed E-state index contributed by atoms with van der Waals surface area (Å²) in [5.41, 5.74) is 2.24. The third-order valence-corrected chi connectivity index (χ3v) is 4.84. The largest absolute Gasteiger partial charge is 0.334 e. The van der Waals surface area contributed by atoms with Gasteiger partial charge in [-0.2, -0.15) is 0 Å². The molecule has 1 saturated heterocycles. The lowest BCUT2D eigenvalue weighted by atomic mass is 10.1. The normalized spacial score (nSPS) is 16.8. The van der Waals surface area contributed by atoms with Crippen LogP contribution in [0.2, 0.25) is 0 Å². The first-order valence-corrected chi connectivity index (χ1v) is 9.25. The molecule has 1 aliphatic rings. The number of rotatable bonds is 6. The number of benzene rings is 2. The number of carbonyl (C=O) groups is 1. The SMILES string of the molecule is CN1CCN(CC(NC(=O)NCc2ccccc2)c2ccccc2)CC1. The van der Waals surface area contributed by atoms with Crippen LogP contribution in [0, 0.1) is 0 Å². The van der Waals surface area contributed by atoms with Crippen LogP contribution in [0.4, 0.5) is 4.79 Å². The van der Waals surface area contributed by atoms with Crippen LogP contribution in [-0.2, 0) is 6.54 Å². The molecule has 2 aromatic carbocycles. The number of amides is 2. The maximum atomic E-state index is 12.4. The average molecular weight is 352 g/mol. The highest BCUT2D eigenvalue weighted by molar-refractivity contribution is 5.74. The highest BCUT2D eigenvalue weighted by atomic mass is 16.2. The van der Waals surface area contributed by atoms with E-state index in [-0.39, 0.29) is 12.1 Å². The summed E-state index contributed by atoms with van der Waals surface area (Å²) in [5.74, 6) is 0. The molecule has 1 heterocycles. The molecule has 2 amide bonds. The molecule has 0 saturated carbocycles. The smallest absolute Gasteiger partial charge is 0.315 e. The number of nitrogens with one attached hydrogen (secondary N) is 2. The van der Waals surface area contributed by atoms with Gasteiger partial charge in [0.05, 0.1) is 6.04 Å². The van der Waals surface area contributed by atoms with Gasteiger partial charge < -0.3 is 15.5 Å².